The Bertz CT molecular complexity index is 946. The van der Waals surface area contributed by atoms with Crippen molar-refractivity contribution in [3.8, 4) is 5.75 Å². The lowest BCUT2D eigenvalue weighted by molar-refractivity contribution is -0.127. The highest BCUT2D eigenvalue weighted by Gasteiger charge is 2.18. The molecule has 29 heavy (non-hydrogen) atoms. The number of amides is 1. The van der Waals surface area contributed by atoms with Gasteiger partial charge in [0, 0.05) is 6.54 Å². The summed E-state index contributed by atoms with van der Waals surface area (Å²) >= 11 is 0. The molecule has 0 saturated heterocycles. The Balaban J connectivity index is 1.60. The zero-order valence-electron chi connectivity index (χ0n) is 17.4. The molecule has 1 aromatic heterocycles. The van der Waals surface area contributed by atoms with Crippen LogP contribution in [-0.4, -0.2) is 26.8 Å². The summed E-state index contributed by atoms with van der Waals surface area (Å²) in [6.45, 7) is 9.26. The SMILES string of the molecule is C[C@H](Oc1cccc(C(C)(C)C)c1)C(=O)NCc1ccccc1Cn1cncn1. The summed E-state index contributed by atoms with van der Waals surface area (Å²) in [7, 11) is 0. The molecule has 152 valence electrons. The van der Waals surface area contributed by atoms with E-state index in [0.717, 1.165) is 11.1 Å². The van der Waals surface area contributed by atoms with E-state index in [2.05, 4.69) is 42.2 Å². The summed E-state index contributed by atoms with van der Waals surface area (Å²) in [5, 5.41) is 7.12. The molecule has 3 rings (SSSR count). The monoisotopic (exact) mass is 392 g/mol. The number of nitrogens with zero attached hydrogens (tertiary/aromatic N) is 3. The topological polar surface area (TPSA) is 69.0 Å². The molecule has 0 fully saturated rings. The molecule has 6 heteroatoms. The van der Waals surface area contributed by atoms with Crippen LogP contribution < -0.4 is 10.1 Å². The summed E-state index contributed by atoms with van der Waals surface area (Å²) in [6.07, 6.45) is 2.60. The Morgan fingerprint density at radius 1 is 1.14 bits per heavy atom. The minimum atomic E-state index is -0.590. The van der Waals surface area contributed by atoms with Crippen LogP contribution in [0.5, 0.6) is 5.75 Å². The first-order valence-corrected chi connectivity index (χ1v) is 9.77. The summed E-state index contributed by atoms with van der Waals surface area (Å²) in [6, 6.07) is 15.9. The van der Waals surface area contributed by atoms with Crippen LogP contribution in [0.4, 0.5) is 0 Å². The van der Waals surface area contributed by atoms with E-state index in [9.17, 15) is 4.79 Å². The van der Waals surface area contributed by atoms with E-state index in [1.807, 2.05) is 42.5 Å². The Morgan fingerprint density at radius 2 is 1.90 bits per heavy atom. The number of ether oxygens (including phenoxy) is 1. The van der Waals surface area contributed by atoms with Gasteiger partial charge < -0.3 is 10.1 Å². The molecule has 6 nitrogen and oxygen atoms in total. The average molecular weight is 393 g/mol. The summed E-state index contributed by atoms with van der Waals surface area (Å²) in [4.78, 5) is 16.5. The predicted octanol–water partition coefficient (Wildman–Crippen LogP) is 3.71. The van der Waals surface area contributed by atoms with Crippen molar-refractivity contribution in [1.82, 2.24) is 20.1 Å². The third-order valence-corrected chi connectivity index (χ3v) is 4.75. The summed E-state index contributed by atoms with van der Waals surface area (Å²) in [5.74, 6) is 0.549. The van der Waals surface area contributed by atoms with Gasteiger partial charge in [-0.3, -0.25) is 4.79 Å². The van der Waals surface area contributed by atoms with Gasteiger partial charge >= 0.3 is 0 Å². The Morgan fingerprint density at radius 3 is 2.59 bits per heavy atom. The molecule has 0 radical (unpaired) electrons. The highest BCUT2D eigenvalue weighted by Crippen LogP contribution is 2.26. The largest absolute Gasteiger partial charge is 0.481 e. The lowest BCUT2D eigenvalue weighted by Gasteiger charge is -2.21. The Hall–Kier alpha value is -3.15. The van der Waals surface area contributed by atoms with Gasteiger partial charge in [-0.05, 0) is 41.2 Å². The second-order valence-electron chi connectivity index (χ2n) is 8.12. The molecule has 0 bridgehead atoms. The van der Waals surface area contributed by atoms with Crippen molar-refractivity contribution >= 4 is 5.91 Å². The molecule has 0 aliphatic rings. The predicted molar refractivity (Wildman–Crippen MR) is 113 cm³/mol. The van der Waals surface area contributed by atoms with E-state index in [0.29, 0.717) is 18.8 Å². The summed E-state index contributed by atoms with van der Waals surface area (Å²) < 4.78 is 7.64. The molecule has 0 spiro atoms. The van der Waals surface area contributed by atoms with E-state index in [1.165, 1.54) is 11.9 Å². The number of benzene rings is 2. The zero-order valence-corrected chi connectivity index (χ0v) is 17.4. The molecular weight excluding hydrogens is 364 g/mol. The maximum Gasteiger partial charge on any atom is 0.261 e. The number of aromatic nitrogens is 3. The van der Waals surface area contributed by atoms with Crippen molar-refractivity contribution in [3.05, 3.63) is 77.9 Å². The molecule has 2 aromatic carbocycles. The third kappa shape index (κ3) is 5.67. The first-order chi connectivity index (χ1) is 13.8. The molecule has 0 aliphatic carbocycles. The second kappa shape index (κ2) is 8.90. The van der Waals surface area contributed by atoms with Crippen LogP contribution in [0.2, 0.25) is 0 Å². The number of carbonyl (C=O) groups is 1. The minimum Gasteiger partial charge on any atom is -0.481 e. The van der Waals surface area contributed by atoms with Crippen LogP contribution >= 0.6 is 0 Å². The molecule has 3 aromatic rings. The molecule has 0 unspecified atom stereocenters. The molecular formula is C23H28N4O2. The number of carbonyl (C=O) groups excluding carboxylic acids is 1. The molecule has 1 N–H and O–H groups in total. The highest BCUT2D eigenvalue weighted by molar-refractivity contribution is 5.80. The second-order valence-corrected chi connectivity index (χ2v) is 8.12. The smallest absolute Gasteiger partial charge is 0.261 e. The zero-order chi connectivity index (χ0) is 20.9. The highest BCUT2D eigenvalue weighted by atomic mass is 16.5. The Labute approximate surface area is 171 Å². The van der Waals surface area contributed by atoms with Crippen molar-refractivity contribution in [1.29, 1.82) is 0 Å². The maximum absolute atomic E-state index is 12.6. The van der Waals surface area contributed by atoms with E-state index < -0.39 is 6.10 Å². The molecule has 0 aliphatic heterocycles. The quantitative estimate of drug-likeness (QED) is 0.666. The van der Waals surface area contributed by atoms with E-state index in [-0.39, 0.29) is 11.3 Å². The standard InChI is InChI=1S/C23H28N4O2/c1-17(29-21-11-7-10-20(12-21)23(2,3)4)22(28)25-13-18-8-5-6-9-19(18)14-27-16-24-15-26-27/h5-12,15-17H,13-14H2,1-4H3,(H,25,28)/t17-/m0/s1. The van der Waals surface area contributed by atoms with E-state index in [1.54, 1.807) is 17.9 Å². The lowest BCUT2D eigenvalue weighted by atomic mass is 9.87. The fourth-order valence-corrected chi connectivity index (χ4v) is 2.99. The van der Waals surface area contributed by atoms with Gasteiger partial charge in [0.2, 0.25) is 0 Å². The lowest BCUT2D eigenvalue weighted by Crippen LogP contribution is -2.36. The van der Waals surface area contributed by atoms with Crippen LogP contribution in [0.25, 0.3) is 0 Å². The van der Waals surface area contributed by atoms with Gasteiger partial charge in [0.15, 0.2) is 6.10 Å². The first kappa shape index (κ1) is 20.6. The van der Waals surface area contributed by atoms with Gasteiger partial charge in [-0.1, -0.05) is 57.2 Å². The van der Waals surface area contributed by atoms with Crippen LogP contribution in [0.15, 0.2) is 61.2 Å². The van der Waals surface area contributed by atoms with E-state index in [4.69, 9.17) is 4.74 Å². The van der Waals surface area contributed by atoms with Crippen molar-refractivity contribution in [2.45, 2.75) is 52.3 Å². The van der Waals surface area contributed by atoms with Crippen LogP contribution in [0.1, 0.15) is 44.4 Å². The minimum absolute atomic E-state index is 0.0265. The van der Waals surface area contributed by atoms with Crippen molar-refractivity contribution in [2.24, 2.45) is 0 Å². The number of hydrogen-bond acceptors (Lipinski definition) is 4. The van der Waals surface area contributed by atoms with Gasteiger partial charge in [-0.2, -0.15) is 5.10 Å². The fourth-order valence-electron chi connectivity index (χ4n) is 2.99. The first-order valence-electron chi connectivity index (χ1n) is 9.77. The van der Waals surface area contributed by atoms with Gasteiger partial charge in [-0.25, -0.2) is 9.67 Å². The van der Waals surface area contributed by atoms with E-state index >= 15 is 0 Å². The molecule has 1 heterocycles. The number of hydrogen-bond donors (Lipinski definition) is 1. The summed E-state index contributed by atoms with van der Waals surface area (Å²) in [5.41, 5.74) is 3.33. The maximum atomic E-state index is 12.6. The number of nitrogens with one attached hydrogen (secondary N) is 1. The van der Waals surface area contributed by atoms with Crippen molar-refractivity contribution < 1.29 is 9.53 Å². The number of rotatable bonds is 7. The average Bonchev–Trinajstić information content (AvgIpc) is 3.19. The van der Waals surface area contributed by atoms with Gasteiger partial charge in [0.05, 0.1) is 6.54 Å². The Kier molecular flexibility index (Phi) is 6.32. The van der Waals surface area contributed by atoms with Gasteiger partial charge in [0.1, 0.15) is 18.4 Å². The van der Waals surface area contributed by atoms with Crippen molar-refractivity contribution in [2.75, 3.05) is 0 Å². The normalized spacial score (nSPS) is 12.4. The van der Waals surface area contributed by atoms with Gasteiger partial charge in [0.25, 0.3) is 5.91 Å². The van der Waals surface area contributed by atoms with Gasteiger partial charge in [-0.15, -0.1) is 0 Å². The molecule has 0 saturated carbocycles. The fraction of sp³-hybridized carbons (Fsp3) is 0.348. The molecule has 1 amide bonds. The van der Waals surface area contributed by atoms with Crippen molar-refractivity contribution in [3.63, 3.8) is 0 Å². The molecule has 1 atom stereocenters. The van der Waals surface area contributed by atoms with Crippen LogP contribution in [0.3, 0.4) is 0 Å². The van der Waals surface area contributed by atoms with Crippen LogP contribution in [-0.2, 0) is 23.3 Å². The third-order valence-electron chi connectivity index (χ3n) is 4.75. The van der Waals surface area contributed by atoms with Crippen LogP contribution in [0, 0.1) is 0 Å².